The molecule has 122 valence electrons. The lowest BCUT2D eigenvalue weighted by atomic mass is 9.40. The number of hydrogen-bond donors (Lipinski definition) is 0. The van der Waals surface area contributed by atoms with Gasteiger partial charge in [0.2, 0.25) is 0 Å². The zero-order valence-corrected chi connectivity index (χ0v) is 14.5. The summed E-state index contributed by atoms with van der Waals surface area (Å²) in [5, 5.41) is 0. The molecule has 0 radical (unpaired) electrons. The quantitative estimate of drug-likeness (QED) is 0.483. The lowest BCUT2D eigenvalue weighted by Crippen LogP contribution is -2.58. The average molecular weight is 302 g/mol. The summed E-state index contributed by atoms with van der Waals surface area (Å²) in [6, 6.07) is 0. The van der Waals surface area contributed by atoms with Crippen molar-refractivity contribution in [1.29, 1.82) is 0 Å². The van der Waals surface area contributed by atoms with E-state index in [-0.39, 0.29) is 11.9 Å². The van der Waals surface area contributed by atoms with E-state index in [1.807, 2.05) is 0 Å². The van der Waals surface area contributed by atoms with Crippen molar-refractivity contribution in [2.45, 2.75) is 59.8 Å². The van der Waals surface area contributed by atoms with Crippen LogP contribution < -0.4 is 0 Å². The largest absolute Gasteiger partial charge is 0.465 e. The van der Waals surface area contributed by atoms with Gasteiger partial charge in [-0.15, -0.1) is 0 Å². The molecule has 2 heteroatoms. The smallest absolute Gasteiger partial charge is 0.309 e. The summed E-state index contributed by atoms with van der Waals surface area (Å²) in [5.74, 6) is 2.25. The Balaban J connectivity index is 1.74. The van der Waals surface area contributed by atoms with Crippen LogP contribution in [0.3, 0.4) is 0 Å². The lowest BCUT2D eigenvalue weighted by molar-refractivity contribution is -0.152. The third-order valence-electron chi connectivity index (χ3n) is 8.17. The van der Waals surface area contributed by atoms with Gasteiger partial charge in [-0.1, -0.05) is 39.8 Å². The molecule has 0 aromatic rings. The molecular formula is C20H30O2. The summed E-state index contributed by atoms with van der Waals surface area (Å²) in [6.45, 7) is 10.5. The Hall–Kier alpha value is -0.790. The number of fused-ring (bicyclic) bond motifs is 5. The molecule has 6 atom stereocenters. The van der Waals surface area contributed by atoms with E-state index >= 15 is 0 Å². The van der Waals surface area contributed by atoms with Crippen LogP contribution >= 0.6 is 0 Å². The highest BCUT2D eigenvalue weighted by Gasteiger charge is 2.63. The van der Waals surface area contributed by atoms with Crippen LogP contribution in [-0.4, -0.2) is 12.6 Å². The molecule has 1 saturated heterocycles. The fourth-order valence-electron chi connectivity index (χ4n) is 7.17. The van der Waals surface area contributed by atoms with Crippen molar-refractivity contribution in [3.63, 3.8) is 0 Å². The van der Waals surface area contributed by atoms with Gasteiger partial charge in [-0.05, 0) is 60.2 Å². The zero-order valence-electron chi connectivity index (χ0n) is 14.5. The van der Waals surface area contributed by atoms with Gasteiger partial charge in [0.15, 0.2) is 0 Å². The molecule has 1 aliphatic heterocycles. The second kappa shape index (κ2) is 4.39. The summed E-state index contributed by atoms with van der Waals surface area (Å²) in [6.07, 6.45) is 10.9. The summed E-state index contributed by atoms with van der Waals surface area (Å²) < 4.78 is 5.47. The maximum absolute atomic E-state index is 12.1. The monoisotopic (exact) mass is 302 g/mol. The number of allylic oxidation sites excluding steroid dienone is 2. The Kier molecular flexibility index (Phi) is 2.95. The van der Waals surface area contributed by atoms with E-state index in [1.54, 1.807) is 0 Å². The van der Waals surface area contributed by atoms with Gasteiger partial charge in [0.25, 0.3) is 0 Å². The summed E-state index contributed by atoms with van der Waals surface area (Å²) in [4.78, 5) is 12.1. The molecule has 3 fully saturated rings. The molecule has 0 spiro atoms. The highest BCUT2D eigenvalue weighted by Crippen LogP contribution is 2.68. The number of carbonyl (C=O) groups excluding carboxylic acids is 1. The Morgan fingerprint density at radius 1 is 1.05 bits per heavy atom. The van der Waals surface area contributed by atoms with Crippen molar-refractivity contribution >= 4 is 5.97 Å². The second-order valence-electron chi connectivity index (χ2n) is 9.50. The molecule has 0 aromatic heterocycles. The van der Waals surface area contributed by atoms with Crippen molar-refractivity contribution < 1.29 is 9.53 Å². The van der Waals surface area contributed by atoms with E-state index in [0.717, 1.165) is 18.3 Å². The van der Waals surface area contributed by atoms with Gasteiger partial charge in [-0.25, -0.2) is 0 Å². The molecule has 3 aliphatic carbocycles. The average Bonchev–Trinajstić information content (AvgIpc) is 2.80. The van der Waals surface area contributed by atoms with Crippen molar-refractivity contribution in [2.75, 3.05) is 6.61 Å². The SMILES string of the molecule is CC1(C)C=CC[C@@]2(C)[C@@H]3CC[C@@H]4C(=O)OC[C@@H]4[C@@]3(C)CC[C@H]12. The Labute approximate surface area is 134 Å². The Morgan fingerprint density at radius 3 is 2.59 bits per heavy atom. The van der Waals surface area contributed by atoms with Crippen LogP contribution in [-0.2, 0) is 9.53 Å². The first-order valence-corrected chi connectivity index (χ1v) is 9.13. The van der Waals surface area contributed by atoms with Crippen LogP contribution in [0.1, 0.15) is 59.8 Å². The number of esters is 1. The summed E-state index contributed by atoms with van der Waals surface area (Å²) >= 11 is 0. The van der Waals surface area contributed by atoms with Gasteiger partial charge in [-0.2, -0.15) is 0 Å². The van der Waals surface area contributed by atoms with Gasteiger partial charge in [-0.3, -0.25) is 4.79 Å². The lowest BCUT2D eigenvalue weighted by Gasteiger charge is -2.64. The number of hydrogen-bond acceptors (Lipinski definition) is 2. The molecule has 0 unspecified atom stereocenters. The van der Waals surface area contributed by atoms with Crippen LogP contribution in [0, 0.1) is 39.9 Å². The van der Waals surface area contributed by atoms with Crippen LogP contribution in [0.4, 0.5) is 0 Å². The molecular weight excluding hydrogens is 272 g/mol. The number of cyclic esters (lactones) is 1. The standard InChI is InChI=1S/C20H30O2/c1-18(2)9-5-10-20(4)15(18)8-11-19(3)14-12-22-17(21)13(14)6-7-16(19)20/h5,9,13-16H,6-8,10-12H2,1-4H3/t13-,14-,15+,16+,19+,20+/m0/s1. The molecule has 2 saturated carbocycles. The van der Waals surface area contributed by atoms with Crippen molar-refractivity contribution in [1.82, 2.24) is 0 Å². The molecule has 22 heavy (non-hydrogen) atoms. The molecule has 0 N–H and O–H groups in total. The first kappa shape index (κ1) is 14.8. The van der Waals surface area contributed by atoms with Crippen molar-refractivity contribution in [3.8, 4) is 0 Å². The maximum atomic E-state index is 12.1. The van der Waals surface area contributed by atoms with E-state index in [9.17, 15) is 4.79 Å². The van der Waals surface area contributed by atoms with E-state index in [0.29, 0.717) is 28.8 Å². The van der Waals surface area contributed by atoms with Gasteiger partial charge >= 0.3 is 5.97 Å². The Morgan fingerprint density at radius 2 is 1.82 bits per heavy atom. The highest BCUT2D eigenvalue weighted by molar-refractivity contribution is 5.75. The van der Waals surface area contributed by atoms with Crippen molar-refractivity contribution in [3.05, 3.63) is 12.2 Å². The van der Waals surface area contributed by atoms with E-state index in [1.165, 1.54) is 25.7 Å². The highest BCUT2D eigenvalue weighted by atomic mass is 16.5. The van der Waals surface area contributed by atoms with E-state index in [4.69, 9.17) is 4.74 Å². The fraction of sp³-hybridized carbons (Fsp3) is 0.850. The third kappa shape index (κ3) is 1.70. The molecule has 0 amide bonds. The van der Waals surface area contributed by atoms with E-state index < -0.39 is 0 Å². The topological polar surface area (TPSA) is 26.3 Å². The van der Waals surface area contributed by atoms with Crippen LogP contribution in [0.2, 0.25) is 0 Å². The van der Waals surface area contributed by atoms with E-state index in [2.05, 4.69) is 39.8 Å². The number of rotatable bonds is 0. The number of carbonyl (C=O) groups is 1. The van der Waals surface area contributed by atoms with Gasteiger partial charge in [0, 0.05) is 5.92 Å². The third-order valence-corrected chi connectivity index (χ3v) is 8.17. The number of ether oxygens (including phenoxy) is 1. The van der Waals surface area contributed by atoms with Crippen LogP contribution in [0.15, 0.2) is 12.2 Å². The molecule has 1 heterocycles. The molecule has 2 nitrogen and oxygen atoms in total. The molecule has 4 rings (SSSR count). The fourth-order valence-corrected chi connectivity index (χ4v) is 7.17. The van der Waals surface area contributed by atoms with Gasteiger partial charge in [0.1, 0.15) is 0 Å². The minimum atomic E-state index is 0.0841. The second-order valence-corrected chi connectivity index (χ2v) is 9.50. The summed E-state index contributed by atoms with van der Waals surface area (Å²) in [5.41, 5.74) is 0.997. The minimum absolute atomic E-state index is 0.0841. The Bertz CT molecular complexity index is 534. The summed E-state index contributed by atoms with van der Waals surface area (Å²) in [7, 11) is 0. The first-order valence-electron chi connectivity index (χ1n) is 9.13. The van der Waals surface area contributed by atoms with Gasteiger partial charge in [0.05, 0.1) is 12.5 Å². The zero-order chi connectivity index (χ0) is 15.8. The predicted octanol–water partition coefficient (Wildman–Crippen LogP) is 4.59. The van der Waals surface area contributed by atoms with Crippen LogP contribution in [0.25, 0.3) is 0 Å². The van der Waals surface area contributed by atoms with Gasteiger partial charge < -0.3 is 4.74 Å². The predicted molar refractivity (Wildman–Crippen MR) is 87.1 cm³/mol. The molecule has 4 aliphatic rings. The molecule has 0 aromatic carbocycles. The normalized spacial score (nSPS) is 52.5. The first-order chi connectivity index (χ1) is 10.3. The molecule has 0 bridgehead atoms. The van der Waals surface area contributed by atoms with Crippen molar-refractivity contribution in [2.24, 2.45) is 39.9 Å². The maximum Gasteiger partial charge on any atom is 0.309 e. The minimum Gasteiger partial charge on any atom is -0.465 e. The van der Waals surface area contributed by atoms with Crippen LogP contribution in [0.5, 0.6) is 0 Å².